The van der Waals surface area contributed by atoms with Crippen molar-refractivity contribution < 1.29 is 28.8 Å². The normalized spacial score (nSPS) is 16.9. The lowest BCUT2D eigenvalue weighted by Crippen LogP contribution is -2.17. The van der Waals surface area contributed by atoms with E-state index in [0.29, 0.717) is 29.2 Å². The van der Waals surface area contributed by atoms with E-state index in [1.54, 1.807) is 23.5 Å². The summed E-state index contributed by atoms with van der Waals surface area (Å²) in [5, 5.41) is 10.4. The Bertz CT molecular complexity index is 1260. The molecule has 0 bridgehead atoms. The van der Waals surface area contributed by atoms with Crippen LogP contribution in [0.4, 0.5) is 0 Å². The molecule has 7 heteroatoms. The van der Waals surface area contributed by atoms with Crippen molar-refractivity contribution in [3.8, 4) is 23.0 Å². The lowest BCUT2D eigenvalue weighted by atomic mass is 9.93. The molecule has 2 aliphatic heterocycles. The molecule has 3 heterocycles. The van der Waals surface area contributed by atoms with Crippen molar-refractivity contribution in [1.29, 1.82) is 0 Å². The van der Waals surface area contributed by atoms with Crippen LogP contribution in [0, 0.1) is 6.92 Å². The molecular formula is C26H24O6S. The zero-order valence-corrected chi connectivity index (χ0v) is 19.4. The SMILES string of the molecule is Cc1ccc(C2=C(C(=O)O)C(c3ccc4c(c3)OCO4)Oc3ccc(OC(C)C)cc3C2)s1. The van der Waals surface area contributed by atoms with Crippen LogP contribution in [0.2, 0.25) is 0 Å². The van der Waals surface area contributed by atoms with Crippen molar-refractivity contribution in [3.63, 3.8) is 0 Å². The molecule has 0 aliphatic carbocycles. The molecule has 0 saturated heterocycles. The zero-order chi connectivity index (χ0) is 23.1. The van der Waals surface area contributed by atoms with Crippen LogP contribution < -0.4 is 18.9 Å². The van der Waals surface area contributed by atoms with Crippen LogP contribution in [-0.2, 0) is 11.2 Å². The molecule has 3 aromatic rings. The molecule has 0 saturated carbocycles. The number of aliphatic carboxylic acids is 1. The minimum absolute atomic E-state index is 0.0284. The van der Waals surface area contributed by atoms with Crippen LogP contribution in [0.15, 0.2) is 54.1 Å². The second-order valence-corrected chi connectivity index (χ2v) is 9.62. The maximum Gasteiger partial charge on any atom is 0.336 e. The van der Waals surface area contributed by atoms with E-state index in [2.05, 4.69) is 0 Å². The van der Waals surface area contributed by atoms with Gasteiger partial charge in [0.05, 0.1) is 11.7 Å². The van der Waals surface area contributed by atoms with Gasteiger partial charge in [-0.25, -0.2) is 4.79 Å². The van der Waals surface area contributed by atoms with Gasteiger partial charge in [-0.3, -0.25) is 0 Å². The molecule has 0 spiro atoms. The highest BCUT2D eigenvalue weighted by molar-refractivity contribution is 7.13. The number of allylic oxidation sites excluding steroid dienone is 1. The lowest BCUT2D eigenvalue weighted by molar-refractivity contribution is -0.133. The lowest BCUT2D eigenvalue weighted by Gasteiger charge is -2.21. The second-order valence-electron chi connectivity index (χ2n) is 8.33. The zero-order valence-electron chi connectivity index (χ0n) is 18.6. The van der Waals surface area contributed by atoms with Crippen molar-refractivity contribution in [3.05, 3.63) is 75.0 Å². The van der Waals surface area contributed by atoms with Crippen molar-refractivity contribution in [2.45, 2.75) is 39.4 Å². The molecule has 2 aliphatic rings. The van der Waals surface area contributed by atoms with E-state index in [1.807, 2.05) is 57.2 Å². The Kier molecular flexibility index (Phi) is 5.50. The molecule has 170 valence electrons. The van der Waals surface area contributed by atoms with Crippen LogP contribution in [-0.4, -0.2) is 24.0 Å². The number of carboxylic acids is 1. The van der Waals surface area contributed by atoms with E-state index in [0.717, 1.165) is 26.6 Å². The summed E-state index contributed by atoms with van der Waals surface area (Å²) in [6, 6.07) is 15.1. The molecule has 0 fully saturated rings. The Morgan fingerprint density at radius 1 is 1.06 bits per heavy atom. The van der Waals surface area contributed by atoms with Gasteiger partial charge in [0.2, 0.25) is 6.79 Å². The Labute approximate surface area is 196 Å². The van der Waals surface area contributed by atoms with Crippen LogP contribution in [0.5, 0.6) is 23.0 Å². The smallest absolute Gasteiger partial charge is 0.336 e. The predicted octanol–water partition coefficient (Wildman–Crippen LogP) is 5.79. The van der Waals surface area contributed by atoms with Crippen LogP contribution in [0.3, 0.4) is 0 Å². The maximum atomic E-state index is 12.7. The number of carbonyl (C=O) groups is 1. The summed E-state index contributed by atoms with van der Waals surface area (Å²) in [6.45, 7) is 6.10. The number of rotatable bonds is 5. The van der Waals surface area contributed by atoms with Crippen molar-refractivity contribution >= 4 is 22.9 Å². The molecule has 0 radical (unpaired) electrons. The van der Waals surface area contributed by atoms with Crippen LogP contribution >= 0.6 is 11.3 Å². The summed E-state index contributed by atoms with van der Waals surface area (Å²) < 4.78 is 23.3. The van der Waals surface area contributed by atoms with Crippen molar-refractivity contribution in [1.82, 2.24) is 0 Å². The third-order valence-corrected chi connectivity index (χ3v) is 6.63. The van der Waals surface area contributed by atoms with Crippen LogP contribution in [0.25, 0.3) is 5.57 Å². The molecule has 1 N–H and O–H groups in total. The van der Waals surface area contributed by atoms with Crippen molar-refractivity contribution in [2.24, 2.45) is 0 Å². The first kappa shape index (κ1) is 21.4. The molecule has 0 amide bonds. The quantitative estimate of drug-likeness (QED) is 0.515. The van der Waals surface area contributed by atoms with Gasteiger partial charge in [0.15, 0.2) is 17.6 Å². The van der Waals surface area contributed by atoms with E-state index in [4.69, 9.17) is 18.9 Å². The minimum Gasteiger partial charge on any atom is -0.491 e. The van der Waals surface area contributed by atoms with E-state index >= 15 is 0 Å². The second kappa shape index (κ2) is 8.48. The monoisotopic (exact) mass is 464 g/mol. The molecule has 2 aromatic carbocycles. The Morgan fingerprint density at radius 3 is 2.58 bits per heavy atom. The molecule has 1 unspecified atom stereocenters. The highest BCUT2D eigenvalue weighted by Gasteiger charge is 2.34. The first-order chi connectivity index (χ1) is 15.9. The number of carboxylic acid groups (broad SMARTS) is 1. The number of ether oxygens (including phenoxy) is 4. The van der Waals surface area contributed by atoms with Gasteiger partial charge in [0, 0.05) is 27.3 Å². The summed E-state index contributed by atoms with van der Waals surface area (Å²) in [7, 11) is 0. The third-order valence-electron chi connectivity index (χ3n) is 5.57. The van der Waals surface area contributed by atoms with E-state index in [1.165, 1.54) is 0 Å². The van der Waals surface area contributed by atoms with Gasteiger partial charge in [-0.1, -0.05) is 6.07 Å². The Balaban J connectivity index is 1.69. The van der Waals surface area contributed by atoms with E-state index < -0.39 is 12.1 Å². The number of hydrogen-bond donors (Lipinski definition) is 1. The number of hydrogen-bond acceptors (Lipinski definition) is 6. The largest absolute Gasteiger partial charge is 0.491 e. The molecule has 1 aromatic heterocycles. The third kappa shape index (κ3) is 4.16. The molecule has 33 heavy (non-hydrogen) atoms. The minimum atomic E-state index is -1.01. The fraction of sp³-hybridized carbons (Fsp3) is 0.269. The highest BCUT2D eigenvalue weighted by atomic mass is 32.1. The standard InChI is InChI=1S/C26H24O6S/c1-14(2)31-18-6-8-20-17(10-18)11-19(23-9-4-15(3)33-23)24(26(27)28)25(32-20)16-5-7-21-22(12-16)30-13-29-21/h4-10,12,14,25H,11,13H2,1-3H3,(H,27,28). The maximum absolute atomic E-state index is 12.7. The molecule has 6 nitrogen and oxygen atoms in total. The van der Waals surface area contributed by atoms with Gasteiger partial charge in [-0.05, 0) is 68.8 Å². The average molecular weight is 465 g/mol. The fourth-order valence-electron chi connectivity index (χ4n) is 4.15. The van der Waals surface area contributed by atoms with E-state index in [9.17, 15) is 9.90 Å². The Hall–Kier alpha value is -3.45. The molecule has 1 atom stereocenters. The summed E-state index contributed by atoms with van der Waals surface area (Å²) in [5.74, 6) is 1.58. The number of aryl methyl sites for hydroxylation is 1. The summed E-state index contributed by atoms with van der Waals surface area (Å²) in [5.41, 5.74) is 2.54. The van der Waals surface area contributed by atoms with Gasteiger partial charge in [0.1, 0.15) is 11.5 Å². The Morgan fingerprint density at radius 2 is 1.85 bits per heavy atom. The van der Waals surface area contributed by atoms with Gasteiger partial charge in [0.25, 0.3) is 0 Å². The van der Waals surface area contributed by atoms with Gasteiger partial charge >= 0.3 is 5.97 Å². The first-order valence-electron chi connectivity index (χ1n) is 10.8. The summed E-state index contributed by atoms with van der Waals surface area (Å²) in [4.78, 5) is 14.7. The highest BCUT2D eigenvalue weighted by Crippen LogP contribution is 2.45. The summed E-state index contributed by atoms with van der Waals surface area (Å²) >= 11 is 1.58. The van der Waals surface area contributed by atoms with Gasteiger partial charge < -0.3 is 24.1 Å². The topological polar surface area (TPSA) is 74.2 Å². The van der Waals surface area contributed by atoms with Crippen LogP contribution in [0.1, 0.15) is 40.8 Å². The van der Waals surface area contributed by atoms with Gasteiger partial charge in [-0.15, -0.1) is 11.3 Å². The number of thiophene rings is 1. The molecule has 5 rings (SSSR count). The predicted molar refractivity (Wildman–Crippen MR) is 125 cm³/mol. The molecular weight excluding hydrogens is 440 g/mol. The fourth-order valence-corrected chi connectivity index (χ4v) is 5.08. The first-order valence-corrected chi connectivity index (χ1v) is 11.6. The van der Waals surface area contributed by atoms with Crippen molar-refractivity contribution in [2.75, 3.05) is 6.79 Å². The number of benzene rings is 2. The van der Waals surface area contributed by atoms with Gasteiger partial charge in [-0.2, -0.15) is 0 Å². The average Bonchev–Trinajstić information content (AvgIpc) is 3.37. The number of fused-ring (bicyclic) bond motifs is 2. The summed E-state index contributed by atoms with van der Waals surface area (Å²) in [6.07, 6.45) is -0.360. The van der Waals surface area contributed by atoms with E-state index in [-0.39, 0.29) is 18.5 Å².